The molecular formula is C12H14O3. The number of aliphatic hydroxyl groups is 1. The number of carbonyl (C=O) groups is 1. The highest BCUT2D eigenvalue weighted by Gasteiger charge is 1.98. The normalized spacial score (nSPS) is 10.7. The van der Waals surface area contributed by atoms with Gasteiger partial charge in [-0.15, -0.1) is 0 Å². The first-order valence-corrected chi connectivity index (χ1v) is 4.80. The van der Waals surface area contributed by atoms with E-state index >= 15 is 0 Å². The fourth-order valence-electron chi connectivity index (χ4n) is 1.29. The van der Waals surface area contributed by atoms with E-state index < -0.39 is 5.97 Å². The molecule has 0 spiro atoms. The number of carboxylic acid groups (broad SMARTS) is 1. The molecule has 0 saturated carbocycles. The van der Waals surface area contributed by atoms with Crippen LogP contribution in [-0.4, -0.2) is 22.8 Å². The maximum Gasteiger partial charge on any atom is 0.303 e. The van der Waals surface area contributed by atoms with Gasteiger partial charge in [0.2, 0.25) is 0 Å². The SMILES string of the molecule is O=C(O)CCc1cccc(C=CCO)c1. The first kappa shape index (κ1) is 11.5. The summed E-state index contributed by atoms with van der Waals surface area (Å²) >= 11 is 0. The van der Waals surface area contributed by atoms with Crippen LogP contribution in [0.4, 0.5) is 0 Å². The van der Waals surface area contributed by atoms with Crippen molar-refractivity contribution >= 4 is 12.0 Å². The second-order valence-electron chi connectivity index (χ2n) is 3.22. The van der Waals surface area contributed by atoms with Gasteiger partial charge in [0.05, 0.1) is 6.61 Å². The number of aliphatic carboxylic acids is 1. The van der Waals surface area contributed by atoms with Crippen molar-refractivity contribution < 1.29 is 15.0 Å². The van der Waals surface area contributed by atoms with Gasteiger partial charge in [-0.2, -0.15) is 0 Å². The first-order chi connectivity index (χ1) is 7.22. The van der Waals surface area contributed by atoms with E-state index in [1.165, 1.54) is 0 Å². The lowest BCUT2D eigenvalue weighted by Crippen LogP contribution is -1.97. The third kappa shape index (κ3) is 4.42. The highest BCUT2D eigenvalue weighted by molar-refractivity contribution is 5.67. The van der Waals surface area contributed by atoms with Crippen molar-refractivity contribution in [2.24, 2.45) is 0 Å². The van der Waals surface area contributed by atoms with E-state index in [1.54, 1.807) is 6.08 Å². The predicted octanol–water partition coefficient (Wildman–Crippen LogP) is 1.71. The minimum atomic E-state index is -0.786. The van der Waals surface area contributed by atoms with Crippen molar-refractivity contribution in [2.45, 2.75) is 12.8 Å². The Kier molecular flexibility index (Phi) is 4.57. The topological polar surface area (TPSA) is 57.5 Å². The van der Waals surface area contributed by atoms with Crippen LogP contribution in [0.15, 0.2) is 30.3 Å². The summed E-state index contributed by atoms with van der Waals surface area (Å²) in [6.45, 7) is 0.0132. The molecule has 0 atom stereocenters. The largest absolute Gasteiger partial charge is 0.481 e. The zero-order valence-corrected chi connectivity index (χ0v) is 8.39. The average molecular weight is 206 g/mol. The number of hydrogen-bond donors (Lipinski definition) is 2. The van der Waals surface area contributed by atoms with Crippen molar-refractivity contribution in [3.05, 3.63) is 41.5 Å². The van der Waals surface area contributed by atoms with Gasteiger partial charge < -0.3 is 10.2 Å². The van der Waals surface area contributed by atoms with Crippen LogP contribution >= 0.6 is 0 Å². The van der Waals surface area contributed by atoms with Crippen LogP contribution in [0.2, 0.25) is 0 Å². The molecule has 1 aromatic rings. The van der Waals surface area contributed by atoms with Crippen molar-refractivity contribution in [1.29, 1.82) is 0 Å². The maximum atomic E-state index is 10.4. The molecule has 3 heteroatoms. The molecule has 0 unspecified atom stereocenters. The first-order valence-electron chi connectivity index (χ1n) is 4.80. The summed E-state index contributed by atoms with van der Waals surface area (Å²) in [6, 6.07) is 7.62. The lowest BCUT2D eigenvalue weighted by Gasteiger charge is -2.00. The van der Waals surface area contributed by atoms with Crippen LogP contribution in [0.3, 0.4) is 0 Å². The van der Waals surface area contributed by atoms with Crippen LogP contribution in [0, 0.1) is 0 Å². The van der Waals surface area contributed by atoms with Crippen LogP contribution in [0.5, 0.6) is 0 Å². The molecule has 3 nitrogen and oxygen atoms in total. The summed E-state index contributed by atoms with van der Waals surface area (Å²) in [7, 11) is 0. The Balaban J connectivity index is 2.65. The third-order valence-corrected chi connectivity index (χ3v) is 1.99. The van der Waals surface area contributed by atoms with Gasteiger partial charge in [0.25, 0.3) is 0 Å². The summed E-state index contributed by atoms with van der Waals surface area (Å²) in [6.07, 6.45) is 4.14. The van der Waals surface area contributed by atoms with Gasteiger partial charge in [0.15, 0.2) is 0 Å². The third-order valence-electron chi connectivity index (χ3n) is 1.99. The van der Waals surface area contributed by atoms with Crippen LogP contribution < -0.4 is 0 Å². The van der Waals surface area contributed by atoms with Gasteiger partial charge in [-0.3, -0.25) is 4.79 Å². The van der Waals surface area contributed by atoms with Crippen molar-refractivity contribution in [2.75, 3.05) is 6.61 Å². The average Bonchev–Trinajstić information content (AvgIpc) is 2.24. The van der Waals surface area contributed by atoms with Crippen LogP contribution in [-0.2, 0) is 11.2 Å². The molecule has 0 aromatic heterocycles. The highest BCUT2D eigenvalue weighted by atomic mass is 16.4. The second kappa shape index (κ2) is 5.98. The Morgan fingerprint density at radius 3 is 2.87 bits per heavy atom. The van der Waals surface area contributed by atoms with Crippen molar-refractivity contribution in [3.8, 4) is 0 Å². The smallest absolute Gasteiger partial charge is 0.303 e. The van der Waals surface area contributed by atoms with Gasteiger partial charge in [-0.05, 0) is 17.5 Å². The number of rotatable bonds is 5. The number of hydrogen-bond acceptors (Lipinski definition) is 2. The standard InChI is InChI=1S/C12H14O3/c13-8-2-5-10-3-1-4-11(9-10)6-7-12(14)15/h1-5,9,13H,6-8H2,(H,14,15). The van der Waals surface area contributed by atoms with E-state index in [0.29, 0.717) is 6.42 Å². The summed E-state index contributed by atoms with van der Waals surface area (Å²) in [5.74, 6) is -0.786. The van der Waals surface area contributed by atoms with E-state index in [-0.39, 0.29) is 13.0 Å². The quantitative estimate of drug-likeness (QED) is 0.771. The molecule has 80 valence electrons. The molecule has 1 aromatic carbocycles. The monoisotopic (exact) mass is 206 g/mol. The summed E-state index contributed by atoms with van der Waals surface area (Å²) in [5, 5.41) is 17.1. The van der Waals surface area contributed by atoms with Gasteiger partial charge in [0, 0.05) is 6.42 Å². The molecule has 0 heterocycles. The lowest BCUT2D eigenvalue weighted by molar-refractivity contribution is -0.136. The molecule has 0 aliphatic heterocycles. The minimum Gasteiger partial charge on any atom is -0.481 e. The second-order valence-corrected chi connectivity index (χ2v) is 3.22. The van der Waals surface area contributed by atoms with Gasteiger partial charge in [-0.1, -0.05) is 36.4 Å². The Morgan fingerprint density at radius 2 is 2.20 bits per heavy atom. The Hall–Kier alpha value is -1.61. The Morgan fingerprint density at radius 1 is 1.40 bits per heavy atom. The van der Waals surface area contributed by atoms with Crippen molar-refractivity contribution in [3.63, 3.8) is 0 Å². The van der Waals surface area contributed by atoms with Gasteiger partial charge in [0.1, 0.15) is 0 Å². The fraction of sp³-hybridized carbons (Fsp3) is 0.250. The fourth-order valence-corrected chi connectivity index (χ4v) is 1.29. The molecule has 0 saturated heterocycles. The predicted molar refractivity (Wildman–Crippen MR) is 58.5 cm³/mol. The minimum absolute atomic E-state index is 0.0132. The number of carboxylic acids is 1. The Bertz CT molecular complexity index is 356. The van der Waals surface area contributed by atoms with E-state index in [9.17, 15) is 4.79 Å². The van der Waals surface area contributed by atoms with Crippen LogP contribution in [0.1, 0.15) is 17.5 Å². The molecule has 15 heavy (non-hydrogen) atoms. The molecule has 2 N–H and O–H groups in total. The highest BCUT2D eigenvalue weighted by Crippen LogP contribution is 2.09. The van der Waals surface area contributed by atoms with E-state index in [4.69, 9.17) is 10.2 Å². The molecule has 0 amide bonds. The molecule has 0 fully saturated rings. The summed E-state index contributed by atoms with van der Waals surface area (Å²) in [4.78, 5) is 10.4. The Labute approximate surface area is 88.7 Å². The van der Waals surface area contributed by atoms with Gasteiger partial charge >= 0.3 is 5.97 Å². The molecule has 0 aliphatic rings. The number of aliphatic hydroxyl groups excluding tert-OH is 1. The van der Waals surface area contributed by atoms with Crippen molar-refractivity contribution in [1.82, 2.24) is 0 Å². The molecule has 0 radical (unpaired) electrons. The van der Waals surface area contributed by atoms with E-state index in [0.717, 1.165) is 11.1 Å². The zero-order valence-electron chi connectivity index (χ0n) is 8.39. The molecule has 0 bridgehead atoms. The number of aryl methyl sites for hydroxylation is 1. The van der Waals surface area contributed by atoms with E-state index in [2.05, 4.69) is 0 Å². The van der Waals surface area contributed by atoms with E-state index in [1.807, 2.05) is 30.3 Å². The maximum absolute atomic E-state index is 10.4. The van der Waals surface area contributed by atoms with Crippen LogP contribution in [0.25, 0.3) is 6.08 Å². The summed E-state index contributed by atoms with van der Waals surface area (Å²) in [5.41, 5.74) is 1.98. The molecule has 1 rings (SSSR count). The zero-order chi connectivity index (χ0) is 11.1. The molecule has 0 aliphatic carbocycles. The summed E-state index contributed by atoms with van der Waals surface area (Å²) < 4.78 is 0. The lowest BCUT2D eigenvalue weighted by atomic mass is 10.1. The molecular weight excluding hydrogens is 192 g/mol. The number of benzene rings is 1. The van der Waals surface area contributed by atoms with Gasteiger partial charge in [-0.25, -0.2) is 0 Å².